The maximum absolute atomic E-state index is 3.20. The van der Waals surface area contributed by atoms with Crippen molar-refractivity contribution in [2.24, 2.45) is 5.92 Å². The molecule has 0 aromatic rings. The Morgan fingerprint density at radius 1 is 0.929 bits per heavy atom. The van der Waals surface area contributed by atoms with Gasteiger partial charge in [-0.15, -0.1) is 11.8 Å². The maximum Gasteiger partial charge on any atom is 0.00886 e. The summed E-state index contributed by atoms with van der Waals surface area (Å²) in [5, 5.41) is 0. The second kappa shape index (κ2) is 10.6. The lowest BCUT2D eigenvalue weighted by Crippen LogP contribution is -1.93. The molecule has 82 valence electrons. The highest BCUT2D eigenvalue weighted by atomic mass is 14.0. The fraction of sp³-hybridized carbons (Fsp3) is 0.857. The molecule has 0 aromatic heterocycles. The number of hydrogen-bond donors (Lipinski definition) is 0. The van der Waals surface area contributed by atoms with Crippen LogP contribution >= 0.6 is 0 Å². The van der Waals surface area contributed by atoms with Crippen LogP contribution in [-0.2, 0) is 0 Å². The van der Waals surface area contributed by atoms with Crippen LogP contribution in [0.15, 0.2) is 0 Å². The highest BCUT2D eigenvalue weighted by Crippen LogP contribution is 2.14. The molecule has 14 heavy (non-hydrogen) atoms. The van der Waals surface area contributed by atoms with E-state index in [1.807, 2.05) is 0 Å². The fourth-order valence-corrected chi connectivity index (χ4v) is 1.73. The third kappa shape index (κ3) is 9.65. The van der Waals surface area contributed by atoms with Crippen LogP contribution in [0.25, 0.3) is 0 Å². The molecule has 0 aliphatic rings. The van der Waals surface area contributed by atoms with Crippen LogP contribution in [0.5, 0.6) is 0 Å². The van der Waals surface area contributed by atoms with E-state index in [2.05, 4.69) is 32.6 Å². The molecule has 1 unspecified atom stereocenters. The first-order valence-corrected chi connectivity index (χ1v) is 6.27. The van der Waals surface area contributed by atoms with Crippen molar-refractivity contribution in [2.75, 3.05) is 0 Å². The van der Waals surface area contributed by atoms with E-state index >= 15 is 0 Å². The van der Waals surface area contributed by atoms with Crippen LogP contribution < -0.4 is 0 Å². The Labute approximate surface area is 90.5 Å². The maximum atomic E-state index is 3.20. The number of rotatable bonds is 7. The molecule has 0 radical (unpaired) electrons. The van der Waals surface area contributed by atoms with Gasteiger partial charge in [-0.3, -0.25) is 0 Å². The molecular formula is C14H26. The van der Waals surface area contributed by atoms with Gasteiger partial charge in [0.2, 0.25) is 0 Å². The molecule has 0 heterocycles. The normalized spacial score (nSPS) is 11.9. The molecule has 0 rings (SSSR count). The first-order valence-electron chi connectivity index (χ1n) is 6.27. The Morgan fingerprint density at radius 3 is 2.36 bits per heavy atom. The van der Waals surface area contributed by atoms with Crippen LogP contribution in [0.1, 0.15) is 72.1 Å². The average molecular weight is 194 g/mol. The highest BCUT2D eigenvalue weighted by molar-refractivity contribution is 4.97. The summed E-state index contributed by atoms with van der Waals surface area (Å²) in [5.41, 5.74) is 0. The van der Waals surface area contributed by atoms with Crippen molar-refractivity contribution in [1.82, 2.24) is 0 Å². The lowest BCUT2D eigenvalue weighted by atomic mass is 9.98. The van der Waals surface area contributed by atoms with E-state index in [4.69, 9.17) is 0 Å². The Morgan fingerprint density at radius 2 is 1.71 bits per heavy atom. The summed E-state index contributed by atoms with van der Waals surface area (Å²) in [6, 6.07) is 0. The molecule has 1 atom stereocenters. The summed E-state index contributed by atoms with van der Waals surface area (Å²) in [6.45, 7) is 6.76. The predicted molar refractivity (Wildman–Crippen MR) is 65.2 cm³/mol. The van der Waals surface area contributed by atoms with Gasteiger partial charge in [-0.1, -0.05) is 52.9 Å². The van der Waals surface area contributed by atoms with Gasteiger partial charge in [-0.2, -0.15) is 0 Å². The summed E-state index contributed by atoms with van der Waals surface area (Å²) >= 11 is 0. The Balaban J connectivity index is 3.13. The van der Waals surface area contributed by atoms with Crippen molar-refractivity contribution >= 4 is 0 Å². The standard InChI is InChI=1S/C14H26/c1-4-6-7-8-9-10-11-13-14(3)12-5-2/h14H,4-5,8-13H2,1-3H3. The van der Waals surface area contributed by atoms with Gasteiger partial charge in [0.1, 0.15) is 0 Å². The van der Waals surface area contributed by atoms with E-state index in [1.165, 1.54) is 38.5 Å². The van der Waals surface area contributed by atoms with Crippen molar-refractivity contribution in [3.63, 3.8) is 0 Å². The number of unbranched alkanes of at least 4 members (excludes halogenated alkanes) is 3. The molecule has 0 saturated carbocycles. The van der Waals surface area contributed by atoms with Crippen LogP contribution in [0.4, 0.5) is 0 Å². The molecule has 0 spiro atoms. The third-order valence-corrected chi connectivity index (χ3v) is 2.58. The summed E-state index contributed by atoms with van der Waals surface area (Å²) in [4.78, 5) is 0. The zero-order chi connectivity index (χ0) is 10.6. The molecule has 0 nitrogen and oxygen atoms in total. The van der Waals surface area contributed by atoms with Gasteiger partial charge in [-0.25, -0.2) is 0 Å². The minimum Gasteiger partial charge on any atom is -0.104 e. The van der Waals surface area contributed by atoms with Gasteiger partial charge in [0.05, 0.1) is 0 Å². The van der Waals surface area contributed by atoms with Crippen LogP contribution in [0.2, 0.25) is 0 Å². The molecule has 0 heteroatoms. The second-order valence-corrected chi connectivity index (χ2v) is 4.20. The third-order valence-electron chi connectivity index (χ3n) is 2.58. The van der Waals surface area contributed by atoms with E-state index in [0.717, 1.165) is 18.8 Å². The Kier molecular flexibility index (Phi) is 10.3. The van der Waals surface area contributed by atoms with E-state index in [-0.39, 0.29) is 0 Å². The summed E-state index contributed by atoms with van der Waals surface area (Å²) in [6.07, 6.45) is 10.3. The van der Waals surface area contributed by atoms with E-state index < -0.39 is 0 Å². The van der Waals surface area contributed by atoms with E-state index in [1.54, 1.807) is 0 Å². The highest BCUT2D eigenvalue weighted by Gasteiger charge is 1.99. The summed E-state index contributed by atoms with van der Waals surface area (Å²) in [7, 11) is 0. The van der Waals surface area contributed by atoms with E-state index in [0.29, 0.717) is 0 Å². The first kappa shape index (κ1) is 13.6. The zero-order valence-corrected chi connectivity index (χ0v) is 10.2. The lowest BCUT2D eigenvalue weighted by Gasteiger charge is -2.08. The molecule has 0 aliphatic heterocycles. The quantitative estimate of drug-likeness (QED) is 0.404. The molecule has 0 saturated heterocycles. The monoisotopic (exact) mass is 194 g/mol. The van der Waals surface area contributed by atoms with Gasteiger partial charge < -0.3 is 0 Å². The van der Waals surface area contributed by atoms with Gasteiger partial charge >= 0.3 is 0 Å². The molecule has 0 N–H and O–H groups in total. The van der Waals surface area contributed by atoms with Crippen LogP contribution in [0.3, 0.4) is 0 Å². The molecule has 0 amide bonds. The largest absolute Gasteiger partial charge is 0.104 e. The smallest absolute Gasteiger partial charge is 0.00886 e. The molecule has 0 fully saturated rings. The summed E-state index contributed by atoms with van der Waals surface area (Å²) in [5.74, 6) is 7.25. The van der Waals surface area contributed by atoms with Gasteiger partial charge in [0.15, 0.2) is 0 Å². The topological polar surface area (TPSA) is 0 Å². The fourth-order valence-electron chi connectivity index (χ4n) is 1.73. The van der Waals surface area contributed by atoms with Crippen LogP contribution in [-0.4, -0.2) is 0 Å². The Hall–Kier alpha value is -0.440. The zero-order valence-electron chi connectivity index (χ0n) is 10.2. The minimum absolute atomic E-state index is 0.932. The second-order valence-electron chi connectivity index (χ2n) is 4.20. The predicted octanol–water partition coefficient (Wildman–Crippen LogP) is 4.79. The SMILES string of the molecule is CCC#CCCCCCC(C)CCC. The van der Waals surface area contributed by atoms with Crippen molar-refractivity contribution in [2.45, 2.75) is 72.1 Å². The molecule has 0 aromatic carbocycles. The van der Waals surface area contributed by atoms with Crippen molar-refractivity contribution in [1.29, 1.82) is 0 Å². The number of hydrogen-bond acceptors (Lipinski definition) is 0. The van der Waals surface area contributed by atoms with Gasteiger partial charge in [0, 0.05) is 12.8 Å². The Bertz CT molecular complexity index is 159. The first-order chi connectivity index (χ1) is 6.81. The molecule has 0 aliphatic carbocycles. The molecular weight excluding hydrogens is 168 g/mol. The summed E-state index contributed by atoms with van der Waals surface area (Å²) < 4.78 is 0. The van der Waals surface area contributed by atoms with Crippen molar-refractivity contribution in [3.8, 4) is 11.8 Å². The van der Waals surface area contributed by atoms with Crippen LogP contribution in [0, 0.1) is 17.8 Å². The van der Waals surface area contributed by atoms with Crippen molar-refractivity contribution < 1.29 is 0 Å². The van der Waals surface area contributed by atoms with Crippen molar-refractivity contribution in [3.05, 3.63) is 0 Å². The van der Waals surface area contributed by atoms with E-state index in [9.17, 15) is 0 Å². The minimum atomic E-state index is 0.932. The lowest BCUT2D eigenvalue weighted by molar-refractivity contribution is 0.457. The molecule has 0 bridgehead atoms. The van der Waals surface area contributed by atoms with Gasteiger partial charge in [0.25, 0.3) is 0 Å². The average Bonchev–Trinajstić information content (AvgIpc) is 2.17. The van der Waals surface area contributed by atoms with Gasteiger partial charge in [-0.05, 0) is 12.3 Å².